The monoisotopic (exact) mass is 142 g/mol. The van der Waals surface area contributed by atoms with E-state index in [0.29, 0.717) is 0 Å². The second-order valence-corrected chi connectivity index (χ2v) is 3.99. The predicted octanol–water partition coefficient (Wildman–Crippen LogP) is 1.08. The largest absolute Gasteiger partial charge is 0.390 e. The molecular weight excluding hydrogens is 128 g/mol. The van der Waals surface area contributed by atoms with Gasteiger partial charge in [0.15, 0.2) is 0 Å². The summed E-state index contributed by atoms with van der Waals surface area (Å²) >= 11 is 0. The van der Waals surface area contributed by atoms with Gasteiger partial charge in [0.25, 0.3) is 0 Å². The quantitative estimate of drug-likeness (QED) is 0.585. The van der Waals surface area contributed by atoms with Gasteiger partial charge in [-0.2, -0.15) is 0 Å². The van der Waals surface area contributed by atoms with E-state index in [1.54, 1.807) is 0 Å². The Labute approximate surface area is 61.2 Å². The van der Waals surface area contributed by atoms with E-state index in [1.165, 1.54) is 6.42 Å². The summed E-state index contributed by atoms with van der Waals surface area (Å²) in [7, 11) is 0. The molecule has 1 N–H and O–H groups in total. The first-order chi connectivity index (χ1) is 4.62. The highest BCUT2D eigenvalue weighted by Crippen LogP contribution is 2.43. The van der Waals surface area contributed by atoms with Crippen LogP contribution in [-0.4, -0.2) is 22.9 Å². The van der Waals surface area contributed by atoms with E-state index in [1.807, 2.05) is 0 Å². The zero-order valence-electron chi connectivity index (χ0n) is 6.39. The molecule has 2 aliphatic rings. The molecular formula is C8H14O2. The Kier molecular flexibility index (Phi) is 1.15. The van der Waals surface area contributed by atoms with Gasteiger partial charge in [0.2, 0.25) is 0 Å². The maximum absolute atomic E-state index is 9.71. The smallest absolute Gasteiger partial charge is 0.0915 e. The molecule has 2 fully saturated rings. The first kappa shape index (κ1) is 6.62. The molecule has 1 saturated heterocycles. The Morgan fingerprint density at radius 1 is 1.50 bits per heavy atom. The third-order valence-corrected chi connectivity index (χ3v) is 2.62. The molecule has 1 heterocycles. The highest BCUT2D eigenvalue weighted by molar-refractivity contribution is 4.99. The SMILES string of the molecule is CC1(CC2(O)CCC2)CO1. The van der Waals surface area contributed by atoms with Crippen molar-refractivity contribution >= 4 is 0 Å². The topological polar surface area (TPSA) is 32.8 Å². The van der Waals surface area contributed by atoms with Crippen LogP contribution in [0.1, 0.15) is 32.6 Å². The summed E-state index contributed by atoms with van der Waals surface area (Å²) in [5.41, 5.74) is -0.319. The van der Waals surface area contributed by atoms with Gasteiger partial charge in [0.1, 0.15) is 0 Å². The van der Waals surface area contributed by atoms with Crippen LogP contribution < -0.4 is 0 Å². The molecule has 2 heteroatoms. The molecule has 1 unspecified atom stereocenters. The van der Waals surface area contributed by atoms with Gasteiger partial charge in [-0.1, -0.05) is 0 Å². The van der Waals surface area contributed by atoms with Crippen molar-refractivity contribution in [3.05, 3.63) is 0 Å². The van der Waals surface area contributed by atoms with Gasteiger partial charge in [-0.05, 0) is 26.2 Å². The minimum Gasteiger partial charge on any atom is -0.390 e. The second-order valence-electron chi connectivity index (χ2n) is 3.99. The predicted molar refractivity (Wildman–Crippen MR) is 37.8 cm³/mol. The maximum Gasteiger partial charge on any atom is 0.0915 e. The summed E-state index contributed by atoms with van der Waals surface area (Å²) in [6, 6.07) is 0. The summed E-state index contributed by atoms with van der Waals surface area (Å²) in [6.45, 7) is 2.92. The summed E-state index contributed by atoms with van der Waals surface area (Å²) in [5, 5.41) is 9.71. The molecule has 0 spiro atoms. The Hall–Kier alpha value is -0.0800. The fourth-order valence-corrected chi connectivity index (χ4v) is 1.68. The average molecular weight is 142 g/mol. The molecule has 58 valence electrons. The van der Waals surface area contributed by atoms with Crippen LogP contribution in [0.5, 0.6) is 0 Å². The molecule has 1 aliphatic carbocycles. The van der Waals surface area contributed by atoms with Gasteiger partial charge in [-0.3, -0.25) is 0 Å². The zero-order chi connectivity index (χ0) is 7.24. The van der Waals surface area contributed by atoms with E-state index in [-0.39, 0.29) is 11.2 Å². The molecule has 1 atom stereocenters. The lowest BCUT2D eigenvalue weighted by Crippen LogP contribution is -2.40. The van der Waals surface area contributed by atoms with Crippen LogP contribution in [0.15, 0.2) is 0 Å². The van der Waals surface area contributed by atoms with Crippen molar-refractivity contribution in [3.8, 4) is 0 Å². The van der Waals surface area contributed by atoms with Crippen LogP contribution in [0.25, 0.3) is 0 Å². The van der Waals surface area contributed by atoms with Gasteiger partial charge in [0.05, 0.1) is 17.8 Å². The minimum absolute atomic E-state index is 0.0369. The molecule has 1 aliphatic heterocycles. The first-order valence-corrected chi connectivity index (χ1v) is 3.98. The highest BCUT2D eigenvalue weighted by Gasteiger charge is 2.48. The molecule has 2 rings (SSSR count). The van der Waals surface area contributed by atoms with Crippen molar-refractivity contribution < 1.29 is 9.84 Å². The van der Waals surface area contributed by atoms with E-state index < -0.39 is 0 Å². The third-order valence-electron chi connectivity index (χ3n) is 2.62. The van der Waals surface area contributed by atoms with E-state index in [4.69, 9.17) is 4.74 Å². The van der Waals surface area contributed by atoms with Crippen LogP contribution in [-0.2, 0) is 4.74 Å². The number of aliphatic hydroxyl groups is 1. The van der Waals surface area contributed by atoms with Gasteiger partial charge in [-0.25, -0.2) is 0 Å². The Morgan fingerprint density at radius 2 is 2.10 bits per heavy atom. The molecule has 0 aromatic carbocycles. The van der Waals surface area contributed by atoms with Crippen molar-refractivity contribution in [3.63, 3.8) is 0 Å². The number of hydrogen-bond donors (Lipinski definition) is 1. The van der Waals surface area contributed by atoms with Crippen molar-refractivity contribution in [2.24, 2.45) is 0 Å². The lowest BCUT2D eigenvalue weighted by Gasteiger charge is -2.37. The van der Waals surface area contributed by atoms with Crippen LogP contribution in [0, 0.1) is 0 Å². The van der Waals surface area contributed by atoms with Gasteiger partial charge in [0, 0.05) is 6.42 Å². The number of epoxide rings is 1. The van der Waals surface area contributed by atoms with Gasteiger partial charge in [-0.15, -0.1) is 0 Å². The Bertz CT molecular complexity index is 145. The molecule has 10 heavy (non-hydrogen) atoms. The van der Waals surface area contributed by atoms with Gasteiger partial charge < -0.3 is 9.84 Å². The van der Waals surface area contributed by atoms with Crippen molar-refractivity contribution in [2.45, 2.75) is 43.8 Å². The minimum atomic E-state index is -0.356. The molecule has 0 aromatic rings. The molecule has 0 aromatic heterocycles. The summed E-state index contributed by atoms with van der Waals surface area (Å²) in [5.74, 6) is 0. The van der Waals surface area contributed by atoms with Crippen molar-refractivity contribution in [2.75, 3.05) is 6.61 Å². The van der Waals surface area contributed by atoms with E-state index >= 15 is 0 Å². The normalized spacial score (nSPS) is 42.6. The average Bonchev–Trinajstić information content (AvgIpc) is 2.44. The molecule has 0 radical (unpaired) electrons. The fourth-order valence-electron chi connectivity index (χ4n) is 1.68. The molecule has 0 amide bonds. The van der Waals surface area contributed by atoms with Gasteiger partial charge >= 0.3 is 0 Å². The maximum atomic E-state index is 9.71. The summed E-state index contributed by atoms with van der Waals surface area (Å²) < 4.78 is 5.21. The lowest BCUT2D eigenvalue weighted by molar-refractivity contribution is -0.0549. The molecule has 1 saturated carbocycles. The van der Waals surface area contributed by atoms with Crippen LogP contribution in [0.4, 0.5) is 0 Å². The number of ether oxygens (including phenoxy) is 1. The summed E-state index contributed by atoms with van der Waals surface area (Å²) in [6.07, 6.45) is 3.99. The third kappa shape index (κ3) is 1.06. The van der Waals surface area contributed by atoms with Crippen LogP contribution >= 0.6 is 0 Å². The zero-order valence-corrected chi connectivity index (χ0v) is 6.39. The Morgan fingerprint density at radius 3 is 2.40 bits per heavy atom. The highest BCUT2D eigenvalue weighted by atomic mass is 16.6. The fraction of sp³-hybridized carbons (Fsp3) is 1.00. The van der Waals surface area contributed by atoms with Crippen LogP contribution in [0.3, 0.4) is 0 Å². The van der Waals surface area contributed by atoms with Crippen molar-refractivity contribution in [1.82, 2.24) is 0 Å². The van der Waals surface area contributed by atoms with E-state index in [0.717, 1.165) is 25.9 Å². The summed E-state index contributed by atoms with van der Waals surface area (Å²) in [4.78, 5) is 0. The van der Waals surface area contributed by atoms with Crippen LogP contribution in [0.2, 0.25) is 0 Å². The van der Waals surface area contributed by atoms with E-state index in [9.17, 15) is 5.11 Å². The first-order valence-electron chi connectivity index (χ1n) is 3.98. The molecule has 2 nitrogen and oxygen atoms in total. The van der Waals surface area contributed by atoms with E-state index in [2.05, 4.69) is 6.92 Å². The standard InChI is InChI=1S/C8H14O2/c1-7(6-10-7)5-8(9)3-2-4-8/h9H,2-6H2,1H3. The van der Waals surface area contributed by atoms with Crippen molar-refractivity contribution in [1.29, 1.82) is 0 Å². The molecule has 0 bridgehead atoms. The number of rotatable bonds is 2. The second kappa shape index (κ2) is 1.74. The number of hydrogen-bond acceptors (Lipinski definition) is 2. The lowest BCUT2D eigenvalue weighted by atomic mass is 9.75. The Balaban J connectivity index is 1.89.